The Morgan fingerprint density at radius 3 is 2.48 bits per heavy atom. The second-order valence-electron chi connectivity index (χ2n) is 6.26. The summed E-state index contributed by atoms with van der Waals surface area (Å²) in [5.41, 5.74) is 2.96. The van der Waals surface area contributed by atoms with E-state index in [1.807, 2.05) is 0 Å². The summed E-state index contributed by atoms with van der Waals surface area (Å²) in [7, 11) is -3.84. The number of sulfonamides is 1. The van der Waals surface area contributed by atoms with E-state index < -0.39 is 10.0 Å². The summed E-state index contributed by atoms with van der Waals surface area (Å²) in [6, 6.07) is 8.00. The minimum absolute atomic E-state index is 0.0131. The molecule has 1 aliphatic rings. The van der Waals surface area contributed by atoms with Crippen LogP contribution in [0.25, 0.3) is 11.1 Å². The molecule has 0 aliphatic heterocycles. The molecule has 0 saturated heterocycles. The zero-order valence-corrected chi connectivity index (χ0v) is 15.1. The van der Waals surface area contributed by atoms with Crippen LogP contribution in [-0.2, 0) is 16.4 Å². The first-order chi connectivity index (χ1) is 13.0. The zero-order valence-electron chi connectivity index (χ0n) is 14.3. The number of carbonyl (C=O) groups is 1. The van der Waals surface area contributed by atoms with Crippen molar-refractivity contribution in [3.05, 3.63) is 66.4 Å². The largest absolute Gasteiger partial charge is 0.294 e. The number of carbonyl (C=O) groups excluding carboxylic acids is 1. The molecule has 0 fully saturated rings. The van der Waals surface area contributed by atoms with Crippen molar-refractivity contribution in [3.63, 3.8) is 0 Å². The van der Waals surface area contributed by atoms with Gasteiger partial charge in [-0.1, -0.05) is 6.07 Å². The number of Topliss-reactive ketones (excluding diaryl/α,β-unsaturated/α-hetero) is 1. The lowest BCUT2D eigenvalue weighted by Gasteiger charge is -2.16. The molecular weight excluding hydrogens is 364 g/mol. The van der Waals surface area contributed by atoms with Crippen LogP contribution in [0, 0.1) is 0 Å². The molecule has 0 radical (unpaired) electrons. The van der Waals surface area contributed by atoms with E-state index >= 15 is 0 Å². The lowest BCUT2D eigenvalue weighted by molar-refractivity contribution is 0.0972. The Hall–Kier alpha value is -3.13. The number of aryl methyl sites for hydroxylation is 1. The third-order valence-electron chi connectivity index (χ3n) is 4.44. The highest BCUT2D eigenvalue weighted by atomic mass is 32.2. The van der Waals surface area contributed by atoms with Crippen molar-refractivity contribution >= 4 is 21.6 Å². The quantitative estimate of drug-likeness (QED) is 0.747. The number of fused-ring (bicyclic) bond motifs is 1. The first-order valence-electron chi connectivity index (χ1n) is 8.43. The molecule has 2 aromatic heterocycles. The lowest BCUT2D eigenvalue weighted by Crippen LogP contribution is -2.17. The van der Waals surface area contributed by atoms with Gasteiger partial charge in [-0.05, 0) is 42.7 Å². The van der Waals surface area contributed by atoms with Crippen LogP contribution in [0.5, 0.6) is 0 Å². The van der Waals surface area contributed by atoms with Crippen molar-refractivity contribution in [2.45, 2.75) is 24.2 Å². The van der Waals surface area contributed by atoms with Crippen LogP contribution < -0.4 is 4.72 Å². The maximum absolute atomic E-state index is 12.7. The molecule has 7 nitrogen and oxygen atoms in total. The van der Waals surface area contributed by atoms with Gasteiger partial charge in [0.25, 0.3) is 10.0 Å². The fraction of sp³-hybridized carbons (Fsp3) is 0.158. The minimum atomic E-state index is -3.84. The number of anilines is 1. The summed E-state index contributed by atoms with van der Waals surface area (Å²) in [4.78, 5) is 24.2. The van der Waals surface area contributed by atoms with E-state index in [9.17, 15) is 13.2 Å². The molecule has 1 aromatic carbocycles. The molecule has 4 rings (SSSR count). The van der Waals surface area contributed by atoms with Crippen molar-refractivity contribution < 1.29 is 13.2 Å². The molecule has 0 spiro atoms. The summed E-state index contributed by atoms with van der Waals surface area (Å²) < 4.78 is 27.8. The molecule has 0 saturated carbocycles. The fourth-order valence-corrected chi connectivity index (χ4v) is 4.08. The van der Waals surface area contributed by atoms with E-state index in [2.05, 4.69) is 19.7 Å². The van der Waals surface area contributed by atoms with Gasteiger partial charge in [0.15, 0.2) is 5.78 Å². The number of hydrogen-bond donors (Lipinski definition) is 1. The molecule has 1 aliphatic carbocycles. The summed E-state index contributed by atoms with van der Waals surface area (Å²) >= 11 is 0. The predicted octanol–water partition coefficient (Wildman–Crippen LogP) is 2.86. The Morgan fingerprint density at radius 2 is 1.74 bits per heavy atom. The Kier molecular flexibility index (Phi) is 4.41. The molecule has 0 amide bonds. The Labute approximate surface area is 156 Å². The number of nitrogens with zero attached hydrogens (tertiary/aromatic N) is 3. The van der Waals surface area contributed by atoms with Gasteiger partial charge in [-0.2, -0.15) is 0 Å². The summed E-state index contributed by atoms with van der Waals surface area (Å²) in [5, 5.41) is 0. The van der Waals surface area contributed by atoms with Gasteiger partial charge in [-0.25, -0.2) is 23.4 Å². The molecule has 136 valence electrons. The van der Waals surface area contributed by atoms with Gasteiger partial charge in [0, 0.05) is 41.7 Å². The van der Waals surface area contributed by atoms with Crippen molar-refractivity contribution in [1.29, 1.82) is 0 Å². The van der Waals surface area contributed by atoms with E-state index in [0.717, 1.165) is 29.5 Å². The Morgan fingerprint density at radius 1 is 0.926 bits per heavy atom. The molecule has 1 N–H and O–H groups in total. The van der Waals surface area contributed by atoms with Crippen LogP contribution in [0.1, 0.15) is 28.8 Å². The van der Waals surface area contributed by atoms with Crippen LogP contribution >= 0.6 is 0 Å². The zero-order chi connectivity index (χ0) is 18.9. The topological polar surface area (TPSA) is 102 Å². The molecular formula is C19H16N4O3S. The van der Waals surface area contributed by atoms with Crippen LogP contribution in [0.3, 0.4) is 0 Å². The molecule has 0 atom stereocenters. The van der Waals surface area contributed by atoms with Gasteiger partial charge < -0.3 is 0 Å². The summed E-state index contributed by atoms with van der Waals surface area (Å²) in [6.45, 7) is 0. The molecule has 8 heteroatoms. The number of benzene rings is 1. The number of nitrogens with one attached hydrogen (secondary N) is 1. The first-order valence-corrected chi connectivity index (χ1v) is 9.92. The maximum atomic E-state index is 12.7. The van der Waals surface area contributed by atoms with Crippen molar-refractivity contribution in [3.8, 4) is 11.1 Å². The monoisotopic (exact) mass is 380 g/mol. The van der Waals surface area contributed by atoms with Crippen LogP contribution in [0.2, 0.25) is 0 Å². The third-order valence-corrected chi connectivity index (χ3v) is 5.79. The highest BCUT2D eigenvalue weighted by molar-refractivity contribution is 7.92. The second-order valence-corrected chi connectivity index (χ2v) is 7.94. The van der Waals surface area contributed by atoms with Crippen molar-refractivity contribution in [2.24, 2.45) is 0 Å². The Balaban J connectivity index is 1.58. The molecule has 0 unspecified atom stereocenters. The van der Waals surface area contributed by atoms with Crippen LogP contribution in [-0.4, -0.2) is 29.2 Å². The summed E-state index contributed by atoms with van der Waals surface area (Å²) in [6.07, 6.45) is 8.34. The number of pyridine rings is 1. The van der Waals surface area contributed by atoms with E-state index in [0.29, 0.717) is 12.0 Å². The van der Waals surface area contributed by atoms with E-state index in [-0.39, 0.29) is 16.5 Å². The van der Waals surface area contributed by atoms with Gasteiger partial charge in [-0.3, -0.25) is 9.52 Å². The standard InChI is InChI=1S/C19H16N4O3S/c24-18-3-1-2-13-4-6-16(8-17(13)18)27(25,26)23-19-7-5-14(11-22-19)15-9-20-12-21-10-15/h4-12H,1-3H2,(H,22,23). The van der Waals surface area contributed by atoms with E-state index in [1.54, 1.807) is 36.8 Å². The molecule has 2 heterocycles. The number of hydrogen-bond acceptors (Lipinski definition) is 6. The van der Waals surface area contributed by atoms with Gasteiger partial charge >= 0.3 is 0 Å². The third kappa shape index (κ3) is 3.56. The fourth-order valence-electron chi connectivity index (χ4n) is 3.04. The average molecular weight is 380 g/mol. The smallest absolute Gasteiger partial charge is 0.263 e. The number of ketones is 1. The average Bonchev–Trinajstić information content (AvgIpc) is 2.69. The normalized spacial score (nSPS) is 13.9. The van der Waals surface area contributed by atoms with Crippen LogP contribution in [0.4, 0.5) is 5.82 Å². The first kappa shape index (κ1) is 17.3. The predicted molar refractivity (Wildman–Crippen MR) is 99.8 cm³/mol. The lowest BCUT2D eigenvalue weighted by atomic mass is 9.91. The summed E-state index contributed by atoms with van der Waals surface area (Å²) in [5.74, 6) is 0.181. The second kappa shape index (κ2) is 6.88. The van der Waals surface area contributed by atoms with Gasteiger partial charge in [0.2, 0.25) is 0 Å². The van der Waals surface area contributed by atoms with E-state index in [4.69, 9.17) is 0 Å². The highest BCUT2D eigenvalue weighted by Crippen LogP contribution is 2.25. The van der Waals surface area contributed by atoms with Gasteiger partial charge in [0.05, 0.1) is 4.90 Å². The number of rotatable bonds is 4. The van der Waals surface area contributed by atoms with Gasteiger partial charge in [-0.15, -0.1) is 0 Å². The van der Waals surface area contributed by atoms with Crippen molar-refractivity contribution in [2.75, 3.05) is 4.72 Å². The highest BCUT2D eigenvalue weighted by Gasteiger charge is 2.22. The molecule has 0 bridgehead atoms. The Bertz CT molecular complexity index is 1100. The molecule has 27 heavy (non-hydrogen) atoms. The molecule has 3 aromatic rings. The van der Waals surface area contributed by atoms with Crippen molar-refractivity contribution in [1.82, 2.24) is 15.0 Å². The van der Waals surface area contributed by atoms with Crippen LogP contribution in [0.15, 0.2) is 60.1 Å². The SMILES string of the molecule is O=C1CCCc2ccc(S(=O)(=O)Nc3ccc(-c4cncnc4)cn3)cc21. The maximum Gasteiger partial charge on any atom is 0.263 e. The van der Waals surface area contributed by atoms with E-state index in [1.165, 1.54) is 18.5 Å². The minimum Gasteiger partial charge on any atom is -0.294 e. The van der Waals surface area contributed by atoms with Gasteiger partial charge in [0.1, 0.15) is 12.1 Å². The number of aromatic nitrogens is 3.